The lowest BCUT2D eigenvalue weighted by atomic mass is 10.1. The molecular weight excluding hydrogens is 264 g/mol. The maximum atomic E-state index is 13.2. The molecule has 0 aliphatic heterocycles. The van der Waals surface area contributed by atoms with Gasteiger partial charge in [0.15, 0.2) is 0 Å². The van der Waals surface area contributed by atoms with Crippen molar-refractivity contribution in [2.45, 2.75) is 19.3 Å². The molecule has 0 N–H and O–H groups in total. The Morgan fingerprint density at radius 1 is 1.25 bits per heavy atom. The van der Waals surface area contributed by atoms with Gasteiger partial charge in [-0.2, -0.15) is 0 Å². The molecule has 0 amide bonds. The molecule has 0 fully saturated rings. The fourth-order valence-corrected chi connectivity index (χ4v) is 1.65. The van der Waals surface area contributed by atoms with Gasteiger partial charge in [0, 0.05) is 24.8 Å². The second kappa shape index (κ2) is 5.77. The van der Waals surface area contributed by atoms with E-state index >= 15 is 0 Å². The number of hydrogen-bond donors (Lipinski definition) is 0. The van der Waals surface area contributed by atoms with E-state index < -0.39 is 11.9 Å². The first-order valence-electron chi connectivity index (χ1n) is 6.04. The van der Waals surface area contributed by atoms with Gasteiger partial charge < -0.3 is 4.74 Å². The molecule has 1 aromatic carbocycles. The Morgan fingerprint density at radius 3 is 2.60 bits per heavy atom. The SMILES string of the molecule is CC(F)(F)c1ccnc(OC(=O)Cc2ccccc2)c1. The van der Waals surface area contributed by atoms with E-state index in [0.717, 1.165) is 18.6 Å². The van der Waals surface area contributed by atoms with Crippen LogP contribution >= 0.6 is 0 Å². The predicted molar refractivity (Wildman–Crippen MR) is 69.6 cm³/mol. The Bertz CT molecular complexity index is 594. The zero-order valence-corrected chi connectivity index (χ0v) is 10.8. The number of halogens is 2. The summed E-state index contributed by atoms with van der Waals surface area (Å²) in [6.45, 7) is 0.776. The van der Waals surface area contributed by atoms with Crippen molar-refractivity contribution in [3.63, 3.8) is 0 Å². The number of nitrogens with zero attached hydrogens (tertiary/aromatic N) is 1. The second-order valence-corrected chi connectivity index (χ2v) is 4.41. The summed E-state index contributed by atoms with van der Waals surface area (Å²) in [5.41, 5.74) is 0.546. The molecule has 0 saturated carbocycles. The Labute approximate surface area is 115 Å². The normalized spacial score (nSPS) is 11.2. The quantitative estimate of drug-likeness (QED) is 0.805. The van der Waals surface area contributed by atoms with Gasteiger partial charge in [0.2, 0.25) is 5.88 Å². The largest absolute Gasteiger partial charge is 0.407 e. The first-order valence-corrected chi connectivity index (χ1v) is 6.04. The monoisotopic (exact) mass is 277 g/mol. The summed E-state index contributed by atoms with van der Waals surface area (Å²) in [5, 5.41) is 0. The highest BCUT2D eigenvalue weighted by Gasteiger charge is 2.25. The summed E-state index contributed by atoms with van der Waals surface area (Å²) < 4.78 is 31.3. The molecule has 0 saturated heterocycles. The van der Waals surface area contributed by atoms with Gasteiger partial charge in [-0.1, -0.05) is 30.3 Å². The van der Waals surface area contributed by atoms with Crippen molar-refractivity contribution in [3.05, 3.63) is 59.8 Å². The van der Waals surface area contributed by atoms with Gasteiger partial charge >= 0.3 is 5.97 Å². The van der Waals surface area contributed by atoms with E-state index in [2.05, 4.69) is 4.98 Å². The number of benzene rings is 1. The maximum absolute atomic E-state index is 13.2. The van der Waals surface area contributed by atoms with Gasteiger partial charge in [-0.25, -0.2) is 13.8 Å². The number of carbonyl (C=O) groups excluding carboxylic acids is 1. The number of alkyl halides is 2. The van der Waals surface area contributed by atoms with Gasteiger partial charge in [0.25, 0.3) is 5.92 Å². The Morgan fingerprint density at radius 2 is 1.95 bits per heavy atom. The molecule has 0 bridgehead atoms. The van der Waals surface area contributed by atoms with Crippen molar-refractivity contribution in [1.82, 2.24) is 4.98 Å². The van der Waals surface area contributed by atoms with E-state index in [1.807, 2.05) is 6.07 Å². The van der Waals surface area contributed by atoms with E-state index in [1.165, 1.54) is 12.3 Å². The Hall–Kier alpha value is -2.30. The summed E-state index contributed by atoms with van der Waals surface area (Å²) in [4.78, 5) is 15.5. The van der Waals surface area contributed by atoms with Gasteiger partial charge in [0.05, 0.1) is 6.42 Å². The van der Waals surface area contributed by atoms with Crippen LogP contribution in [0.1, 0.15) is 18.1 Å². The van der Waals surface area contributed by atoms with Crippen LogP contribution in [0.5, 0.6) is 5.88 Å². The van der Waals surface area contributed by atoms with Crippen molar-refractivity contribution in [2.75, 3.05) is 0 Å². The highest BCUT2D eigenvalue weighted by Crippen LogP contribution is 2.28. The van der Waals surface area contributed by atoms with Crippen molar-refractivity contribution < 1.29 is 18.3 Å². The first-order chi connectivity index (χ1) is 9.45. The highest BCUT2D eigenvalue weighted by molar-refractivity contribution is 5.74. The van der Waals surface area contributed by atoms with Crippen molar-refractivity contribution >= 4 is 5.97 Å². The lowest BCUT2D eigenvalue weighted by Gasteiger charge is -2.11. The van der Waals surface area contributed by atoms with Crippen LogP contribution in [0, 0.1) is 0 Å². The van der Waals surface area contributed by atoms with E-state index in [-0.39, 0.29) is 17.9 Å². The van der Waals surface area contributed by atoms with Crippen LogP contribution < -0.4 is 4.74 Å². The Balaban J connectivity index is 2.05. The lowest BCUT2D eigenvalue weighted by Crippen LogP contribution is -2.13. The summed E-state index contributed by atoms with van der Waals surface area (Å²) in [5.74, 6) is -3.66. The molecule has 2 rings (SSSR count). The van der Waals surface area contributed by atoms with Crippen LogP contribution in [0.2, 0.25) is 0 Å². The highest BCUT2D eigenvalue weighted by atomic mass is 19.3. The van der Waals surface area contributed by atoms with Gasteiger partial charge in [0.1, 0.15) is 0 Å². The summed E-state index contributed by atoms with van der Waals surface area (Å²) in [6.07, 6.45) is 1.26. The van der Waals surface area contributed by atoms with Gasteiger partial charge in [-0.15, -0.1) is 0 Å². The average molecular weight is 277 g/mol. The molecule has 3 nitrogen and oxygen atoms in total. The molecule has 1 heterocycles. The summed E-state index contributed by atoms with van der Waals surface area (Å²) in [6, 6.07) is 11.3. The van der Waals surface area contributed by atoms with Crippen LogP contribution in [0.25, 0.3) is 0 Å². The average Bonchev–Trinajstić information content (AvgIpc) is 2.39. The molecule has 0 aliphatic carbocycles. The van der Waals surface area contributed by atoms with Crippen molar-refractivity contribution in [2.24, 2.45) is 0 Å². The molecular formula is C15H13F2NO2. The second-order valence-electron chi connectivity index (χ2n) is 4.41. The van der Waals surface area contributed by atoms with Crippen LogP contribution in [0.15, 0.2) is 48.7 Å². The van der Waals surface area contributed by atoms with Crippen LogP contribution in [-0.2, 0) is 17.1 Å². The summed E-state index contributed by atoms with van der Waals surface area (Å²) in [7, 11) is 0. The van der Waals surface area contributed by atoms with Crippen molar-refractivity contribution in [1.29, 1.82) is 0 Å². The number of ether oxygens (including phenoxy) is 1. The molecule has 0 unspecified atom stereocenters. The standard InChI is InChI=1S/C15H13F2NO2/c1-15(16,17)12-7-8-18-13(10-12)20-14(19)9-11-5-3-2-4-6-11/h2-8,10H,9H2,1H3. The van der Waals surface area contributed by atoms with Gasteiger partial charge in [-0.3, -0.25) is 4.79 Å². The fraction of sp³-hybridized carbons (Fsp3) is 0.200. The lowest BCUT2D eigenvalue weighted by molar-refractivity contribution is -0.133. The van der Waals surface area contributed by atoms with E-state index in [1.54, 1.807) is 24.3 Å². The molecule has 0 spiro atoms. The van der Waals surface area contributed by atoms with E-state index in [9.17, 15) is 13.6 Å². The fourth-order valence-electron chi connectivity index (χ4n) is 1.65. The van der Waals surface area contributed by atoms with Crippen LogP contribution in [0.4, 0.5) is 8.78 Å². The zero-order valence-electron chi connectivity index (χ0n) is 10.8. The van der Waals surface area contributed by atoms with E-state index in [4.69, 9.17) is 4.74 Å². The molecule has 5 heteroatoms. The summed E-state index contributed by atoms with van der Waals surface area (Å²) >= 11 is 0. The predicted octanol–water partition coefficient (Wildman–Crippen LogP) is 3.34. The molecule has 0 aliphatic rings. The minimum absolute atomic E-state index is 0.0647. The number of rotatable bonds is 4. The third kappa shape index (κ3) is 3.85. The minimum atomic E-state index is -3.00. The van der Waals surface area contributed by atoms with Crippen molar-refractivity contribution in [3.8, 4) is 5.88 Å². The zero-order chi connectivity index (χ0) is 14.6. The molecule has 1 aromatic heterocycles. The molecule has 104 valence electrons. The van der Waals surface area contributed by atoms with Gasteiger partial charge in [-0.05, 0) is 11.6 Å². The maximum Gasteiger partial charge on any atom is 0.316 e. The molecule has 2 aromatic rings. The number of carbonyl (C=O) groups is 1. The molecule has 0 atom stereocenters. The Kier molecular flexibility index (Phi) is 4.08. The third-order valence-electron chi connectivity index (χ3n) is 2.65. The smallest absolute Gasteiger partial charge is 0.316 e. The third-order valence-corrected chi connectivity index (χ3v) is 2.65. The minimum Gasteiger partial charge on any atom is -0.407 e. The number of esters is 1. The number of pyridine rings is 1. The topological polar surface area (TPSA) is 39.2 Å². The first kappa shape index (κ1) is 14.1. The van der Waals surface area contributed by atoms with Crippen LogP contribution in [-0.4, -0.2) is 11.0 Å². The van der Waals surface area contributed by atoms with Crippen LogP contribution in [0.3, 0.4) is 0 Å². The number of hydrogen-bond acceptors (Lipinski definition) is 3. The van der Waals surface area contributed by atoms with E-state index in [0.29, 0.717) is 0 Å². The molecule has 0 radical (unpaired) electrons. The molecule has 20 heavy (non-hydrogen) atoms. The number of aromatic nitrogens is 1.